The van der Waals surface area contributed by atoms with Crippen LogP contribution in [-0.4, -0.2) is 17.1 Å². The number of carbonyl (C=O) groups excluding carboxylic acids is 1. The Labute approximate surface area is 141 Å². The van der Waals surface area contributed by atoms with Crippen molar-refractivity contribution in [3.05, 3.63) is 64.7 Å². The molecule has 2 aromatic rings. The van der Waals surface area contributed by atoms with Gasteiger partial charge in [0.15, 0.2) is 0 Å². The van der Waals surface area contributed by atoms with E-state index in [0.717, 1.165) is 24.0 Å². The first-order valence-electron chi connectivity index (χ1n) is 7.96. The number of rotatable bonds is 5. The number of benzene rings is 2. The lowest BCUT2D eigenvalue weighted by Crippen LogP contribution is -2.40. The van der Waals surface area contributed by atoms with Crippen LogP contribution in [0.1, 0.15) is 42.7 Å². The molecule has 120 valence electrons. The summed E-state index contributed by atoms with van der Waals surface area (Å²) < 4.78 is 0. The van der Waals surface area contributed by atoms with E-state index in [-0.39, 0.29) is 17.6 Å². The summed E-state index contributed by atoms with van der Waals surface area (Å²) in [5.74, 6) is 0.00632. The van der Waals surface area contributed by atoms with Crippen molar-refractivity contribution >= 4 is 17.5 Å². The van der Waals surface area contributed by atoms with Gasteiger partial charge in [-0.15, -0.1) is 0 Å². The first kappa shape index (κ1) is 15.9. The minimum absolute atomic E-state index is 0.0166. The van der Waals surface area contributed by atoms with E-state index in [1.807, 2.05) is 30.3 Å². The van der Waals surface area contributed by atoms with Crippen molar-refractivity contribution < 1.29 is 9.90 Å². The predicted octanol–water partition coefficient (Wildman–Crippen LogP) is 4.24. The molecular formula is C19H20ClNO2. The fraction of sp³-hybridized carbons (Fsp3) is 0.316. The molecule has 1 aliphatic rings. The largest absolute Gasteiger partial charge is 0.508 e. The van der Waals surface area contributed by atoms with E-state index in [1.165, 1.54) is 6.42 Å². The molecule has 0 bridgehead atoms. The standard InChI is InChI=1S/C19H20ClNO2/c20-14-6-3-5-13(11-14)17(16-9-1-2-10-18(16)22)12-19(23)21-15-7-4-8-15/h1-3,5-6,9-11,15,17,22H,4,7-8,12H2,(H,21,23). The third-order valence-corrected chi connectivity index (χ3v) is 4.66. The van der Waals surface area contributed by atoms with Gasteiger partial charge in [-0.3, -0.25) is 4.79 Å². The van der Waals surface area contributed by atoms with Gasteiger partial charge in [-0.2, -0.15) is 0 Å². The fourth-order valence-electron chi connectivity index (χ4n) is 2.94. The molecule has 2 N–H and O–H groups in total. The Balaban J connectivity index is 1.86. The minimum Gasteiger partial charge on any atom is -0.508 e. The van der Waals surface area contributed by atoms with Crippen LogP contribution in [-0.2, 0) is 4.79 Å². The summed E-state index contributed by atoms with van der Waals surface area (Å²) in [6.07, 6.45) is 3.60. The Kier molecular flexibility index (Phi) is 4.87. The molecule has 3 nitrogen and oxygen atoms in total. The monoisotopic (exact) mass is 329 g/mol. The Hall–Kier alpha value is -2.00. The van der Waals surface area contributed by atoms with Gasteiger partial charge >= 0.3 is 0 Å². The summed E-state index contributed by atoms with van der Waals surface area (Å²) in [5.41, 5.74) is 1.68. The van der Waals surface area contributed by atoms with Gasteiger partial charge in [-0.25, -0.2) is 0 Å². The third-order valence-electron chi connectivity index (χ3n) is 4.42. The quantitative estimate of drug-likeness (QED) is 0.862. The zero-order chi connectivity index (χ0) is 16.2. The molecule has 4 heteroatoms. The summed E-state index contributed by atoms with van der Waals surface area (Å²) in [6, 6.07) is 14.9. The van der Waals surface area contributed by atoms with Crippen LogP contribution in [0, 0.1) is 0 Å². The number of hydrogen-bond donors (Lipinski definition) is 2. The maximum Gasteiger partial charge on any atom is 0.221 e. The number of hydrogen-bond acceptors (Lipinski definition) is 2. The molecule has 2 aromatic carbocycles. The molecule has 1 amide bonds. The summed E-state index contributed by atoms with van der Waals surface area (Å²) in [7, 11) is 0. The van der Waals surface area contributed by atoms with Crippen LogP contribution in [0.2, 0.25) is 5.02 Å². The second-order valence-electron chi connectivity index (χ2n) is 6.07. The number of phenolic OH excluding ortho intramolecular Hbond substituents is 1. The molecule has 0 aliphatic heterocycles. The van der Waals surface area contributed by atoms with Gasteiger partial charge in [0.1, 0.15) is 5.75 Å². The summed E-state index contributed by atoms with van der Waals surface area (Å²) in [6.45, 7) is 0. The topological polar surface area (TPSA) is 49.3 Å². The van der Waals surface area contributed by atoms with Crippen LogP contribution < -0.4 is 5.32 Å². The normalized spacial score (nSPS) is 15.7. The lowest BCUT2D eigenvalue weighted by molar-refractivity contribution is -0.122. The van der Waals surface area contributed by atoms with E-state index in [9.17, 15) is 9.90 Å². The molecule has 0 radical (unpaired) electrons. The van der Waals surface area contributed by atoms with E-state index in [0.29, 0.717) is 17.5 Å². The third kappa shape index (κ3) is 3.85. The smallest absolute Gasteiger partial charge is 0.221 e. The van der Waals surface area contributed by atoms with Crippen LogP contribution in [0.3, 0.4) is 0 Å². The van der Waals surface area contributed by atoms with Crippen LogP contribution in [0.4, 0.5) is 0 Å². The molecule has 0 aromatic heterocycles. The van der Waals surface area contributed by atoms with Crippen molar-refractivity contribution in [1.29, 1.82) is 0 Å². The molecule has 0 saturated heterocycles. The molecule has 1 aliphatic carbocycles. The van der Waals surface area contributed by atoms with E-state index >= 15 is 0 Å². The maximum absolute atomic E-state index is 12.4. The zero-order valence-corrected chi connectivity index (χ0v) is 13.6. The predicted molar refractivity (Wildman–Crippen MR) is 91.8 cm³/mol. The van der Waals surface area contributed by atoms with Crippen LogP contribution in [0.15, 0.2) is 48.5 Å². The van der Waals surface area contributed by atoms with E-state index in [2.05, 4.69) is 5.32 Å². The van der Waals surface area contributed by atoms with Gasteiger partial charge in [0.2, 0.25) is 5.91 Å². The molecule has 1 saturated carbocycles. The first-order chi connectivity index (χ1) is 11.1. The van der Waals surface area contributed by atoms with E-state index < -0.39 is 0 Å². The minimum atomic E-state index is -0.213. The van der Waals surface area contributed by atoms with Crippen LogP contribution >= 0.6 is 11.6 Å². The molecule has 23 heavy (non-hydrogen) atoms. The van der Waals surface area contributed by atoms with Gasteiger partial charge in [0.05, 0.1) is 0 Å². The fourth-order valence-corrected chi connectivity index (χ4v) is 3.14. The second-order valence-corrected chi connectivity index (χ2v) is 6.50. The van der Waals surface area contributed by atoms with Crippen molar-refractivity contribution in [3.63, 3.8) is 0 Å². The van der Waals surface area contributed by atoms with Gasteiger partial charge in [0.25, 0.3) is 0 Å². The zero-order valence-electron chi connectivity index (χ0n) is 12.8. The molecule has 3 rings (SSSR count). The molecule has 0 heterocycles. The van der Waals surface area contributed by atoms with Crippen LogP contribution in [0.25, 0.3) is 0 Å². The Morgan fingerprint density at radius 2 is 2.00 bits per heavy atom. The number of phenols is 1. The highest BCUT2D eigenvalue weighted by molar-refractivity contribution is 6.30. The van der Waals surface area contributed by atoms with Gasteiger partial charge in [0, 0.05) is 29.0 Å². The lowest BCUT2D eigenvalue weighted by atomic mass is 9.87. The number of amides is 1. The highest BCUT2D eigenvalue weighted by atomic mass is 35.5. The molecule has 1 fully saturated rings. The van der Waals surface area contributed by atoms with Crippen LogP contribution in [0.5, 0.6) is 5.75 Å². The van der Waals surface area contributed by atoms with Crippen molar-refractivity contribution in [2.24, 2.45) is 0 Å². The van der Waals surface area contributed by atoms with Gasteiger partial charge in [-0.1, -0.05) is 41.9 Å². The highest BCUT2D eigenvalue weighted by Gasteiger charge is 2.24. The molecule has 0 spiro atoms. The number of nitrogens with one attached hydrogen (secondary N) is 1. The molecular weight excluding hydrogens is 310 g/mol. The van der Waals surface area contributed by atoms with E-state index in [4.69, 9.17) is 11.6 Å². The SMILES string of the molecule is O=C(CC(c1cccc(Cl)c1)c1ccccc1O)NC1CCC1. The van der Waals surface area contributed by atoms with Crippen molar-refractivity contribution in [2.75, 3.05) is 0 Å². The van der Waals surface area contributed by atoms with Crippen molar-refractivity contribution in [1.82, 2.24) is 5.32 Å². The van der Waals surface area contributed by atoms with Crippen molar-refractivity contribution in [3.8, 4) is 5.75 Å². The average molecular weight is 330 g/mol. The first-order valence-corrected chi connectivity index (χ1v) is 8.34. The maximum atomic E-state index is 12.4. The summed E-state index contributed by atoms with van der Waals surface area (Å²) in [5, 5.41) is 13.9. The number of para-hydroxylation sites is 1. The number of carbonyl (C=O) groups is 1. The van der Waals surface area contributed by atoms with Gasteiger partial charge < -0.3 is 10.4 Å². The molecule has 1 atom stereocenters. The summed E-state index contributed by atoms with van der Waals surface area (Å²) in [4.78, 5) is 12.4. The second kappa shape index (κ2) is 7.05. The Bertz CT molecular complexity index is 697. The lowest BCUT2D eigenvalue weighted by Gasteiger charge is -2.27. The molecule has 1 unspecified atom stereocenters. The number of aromatic hydroxyl groups is 1. The summed E-state index contributed by atoms with van der Waals surface area (Å²) >= 11 is 6.11. The number of halogens is 1. The Morgan fingerprint density at radius 1 is 1.22 bits per heavy atom. The van der Waals surface area contributed by atoms with Gasteiger partial charge in [-0.05, 0) is 43.0 Å². The van der Waals surface area contributed by atoms with E-state index in [1.54, 1.807) is 18.2 Å². The Morgan fingerprint density at radius 3 is 2.65 bits per heavy atom. The highest BCUT2D eigenvalue weighted by Crippen LogP contribution is 2.34. The van der Waals surface area contributed by atoms with Crippen molar-refractivity contribution in [2.45, 2.75) is 37.6 Å². The average Bonchev–Trinajstić information content (AvgIpc) is 2.49.